The average Bonchev–Trinajstić information content (AvgIpc) is 3.01. The molecule has 2 unspecified atom stereocenters. The van der Waals surface area contributed by atoms with Crippen molar-refractivity contribution in [2.45, 2.75) is 51.7 Å². The average molecular weight is 310 g/mol. The first-order chi connectivity index (χ1) is 10.3. The van der Waals surface area contributed by atoms with Crippen molar-refractivity contribution in [1.82, 2.24) is 10.1 Å². The molecule has 0 spiro atoms. The number of methoxy groups -OCH3 is 1. The maximum Gasteiger partial charge on any atom is 0.305 e. The van der Waals surface area contributed by atoms with Crippen LogP contribution in [-0.4, -0.2) is 52.8 Å². The molecule has 0 saturated carbocycles. The minimum atomic E-state index is -0.925. The van der Waals surface area contributed by atoms with Gasteiger partial charge in [-0.1, -0.05) is 19.0 Å². The van der Waals surface area contributed by atoms with Crippen LogP contribution in [0.1, 0.15) is 54.4 Å². The Kier molecular flexibility index (Phi) is 4.85. The van der Waals surface area contributed by atoms with Crippen molar-refractivity contribution >= 4 is 11.9 Å². The quantitative estimate of drug-likeness (QED) is 0.891. The van der Waals surface area contributed by atoms with Crippen molar-refractivity contribution in [3.05, 3.63) is 17.0 Å². The number of rotatable bonds is 5. The minimum absolute atomic E-state index is 0.0268. The van der Waals surface area contributed by atoms with E-state index in [0.717, 1.165) is 0 Å². The van der Waals surface area contributed by atoms with Gasteiger partial charge in [0.15, 0.2) is 5.76 Å². The number of carbonyl (C=O) groups is 2. The lowest BCUT2D eigenvalue weighted by Gasteiger charge is -2.23. The van der Waals surface area contributed by atoms with Crippen molar-refractivity contribution in [1.29, 1.82) is 0 Å². The van der Waals surface area contributed by atoms with Gasteiger partial charge in [0.25, 0.3) is 5.91 Å². The number of carboxylic acid groups (broad SMARTS) is 1. The first kappa shape index (κ1) is 16.5. The highest BCUT2D eigenvalue weighted by Crippen LogP contribution is 2.29. The Bertz CT molecular complexity index is 566. The van der Waals surface area contributed by atoms with Crippen LogP contribution in [-0.2, 0) is 9.53 Å². The minimum Gasteiger partial charge on any atom is -0.481 e. The van der Waals surface area contributed by atoms with Crippen molar-refractivity contribution in [2.75, 3.05) is 13.7 Å². The summed E-state index contributed by atoms with van der Waals surface area (Å²) in [5.41, 5.74) is 0.978. The molecule has 1 aromatic rings. The molecule has 2 rings (SSSR count). The normalized spacial score (nSPS) is 21.6. The van der Waals surface area contributed by atoms with Crippen LogP contribution in [0.4, 0.5) is 0 Å². The van der Waals surface area contributed by atoms with Crippen LogP contribution in [0, 0.1) is 6.92 Å². The summed E-state index contributed by atoms with van der Waals surface area (Å²) < 4.78 is 10.6. The van der Waals surface area contributed by atoms with Crippen molar-refractivity contribution < 1.29 is 24.0 Å². The van der Waals surface area contributed by atoms with Crippen LogP contribution in [0.15, 0.2) is 4.52 Å². The number of hydrogen-bond acceptors (Lipinski definition) is 5. The number of nitrogens with zero attached hydrogens (tertiary/aromatic N) is 2. The highest BCUT2D eigenvalue weighted by atomic mass is 16.5. The Labute approximate surface area is 129 Å². The summed E-state index contributed by atoms with van der Waals surface area (Å²) in [6.07, 6.45) is 0.291. The number of ether oxygens (including phenoxy) is 1. The predicted molar refractivity (Wildman–Crippen MR) is 77.8 cm³/mol. The first-order valence-electron chi connectivity index (χ1n) is 7.36. The van der Waals surface area contributed by atoms with E-state index in [1.54, 1.807) is 18.9 Å². The fraction of sp³-hybridized carbons (Fsp3) is 0.667. The van der Waals surface area contributed by atoms with E-state index in [9.17, 15) is 9.59 Å². The summed E-state index contributed by atoms with van der Waals surface area (Å²) in [5.74, 6) is -0.588. The number of amides is 1. The molecule has 22 heavy (non-hydrogen) atoms. The lowest BCUT2D eigenvalue weighted by Crippen LogP contribution is -2.38. The lowest BCUT2D eigenvalue weighted by atomic mass is 10.0. The van der Waals surface area contributed by atoms with Crippen LogP contribution in [0.2, 0.25) is 0 Å². The molecule has 0 radical (unpaired) electrons. The standard InChI is InChI=1S/C15H22N2O5/c1-8(2)14-13(9(3)16-22-14)15(20)17-7-11(21-4)5-10(17)6-12(18)19/h8,10-11H,5-7H2,1-4H3,(H,18,19). The number of aryl methyl sites for hydroxylation is 1. The molecular formula is C15H22N2O5. The van der Waals surface area contributed by atoms with Gasteiger partial charge >= 0.3 is 5.97 Å². The Hall–Kier alpha value is -1.89. The Morgan fingerprint density at radius 3 is 2.73 bits per heavy atom. The number of likely N-dealkylation sites (tertiary alicyclic amines) is 1. The molecule has 0 aliphatic carbocycles. The summed E-state index contributed by atoms with van der Waals surface area (Å²) in [5, 5.41) is 12.9. The number of hydrogen-bond donors (Lipinski definition) is 1. The summed E-state index contributed by atoms with van der Waals surface area (Å²) in [6.45, 7) is 5.95. The molecule has 0 bridgehead atoms. The number of aliphatic carboxylic acids is 1. The molecule has 2 atom stereocenters. The highest BCUT2D eigenvalue weighted by molar-refractivity contribution is 5.97. The van der Waals surface area contributed by atoms with Crippen LogP contribution in [0.3, 0.4) is 0 Å². The van der Waals surface area contributed by atoms with Crippen molar-refractivity contribution in [2.24, 2.45) is 0 Å². The topological polar surface area (TPSA) is 92.9 Å². The fourth-order valence-corrected chi connectivity index (χ4v) is 2.87. The first-order valence-corrected chi connectivity index (χ1v) is 7.36. The molecule has 1 aliphatic heterocycles. The SMILES string of the molecule is COC1CC(CC(=O)O)N(C(=O)c2c(C)noc2C(C)C)C1. The second-order valence-electron chi connectivity index (χ2n) is 5.96. The molecule has 1 aromatic heterocycles. The van der Waals surface area contributed by atoms with Gasteiger partial charge in [-0.05, 0) is 13.3 Å². The molecule has 1 amide bonds. The van der Waals surface area contributed by atoms with Gasteiger partial charge in [-0.15, -0.1) is 0 Å². The molecule has 1 aliphatic rings. The van der Waals surface area contributed by atoms with Crippen LogP contribution < -0.4 is 0 Å². The van der Waals surface area contributed by atoms with E-state index in [1.807, 2.05) is 13.8 Å². The van der Waals surface area contributed by atoms with Gasteiger partial charge in [-0.3, -0.25) is 9.59 Å². The second-order valence-corrected chi connectivity index (χ2v) is 5.96. The van der Waals surface area contributed by atoms with E-state index in [0.29, 0.717) is 30.0 Å². The fourth-order valence-electron chi connectivity index (χ4n) is 2.87. The van der Waals surface area contributed by atoms with E-state index in [2.05, 4.69) is 5.16 Å². The Morgan fingerprint density at radius 1 is 1.50 bits per heavy atom. The number of aromatic nitrogens is 1. The zero-order chi connectivity index (χ0) is 16.4. The van der Waals surface area contributed by atoms with E-state index in [-0.39, 0.29) is 30.4 Å². The summed E-state index contributed by atoms with van der Waals surface area (Å²) >= 11 is 0. The van der Waals surface area contributed by atoms with Gasteiger partial charge in [-0.2, -0.15) is 0 Å². The molecule has 0 aromatic carbocycles. The van der Waals surface area contributed by atoms with Gasteiger partial charge < -0.3 is 19.3 Å². The second kappa shape index (κ2) is 6.48. The van der Waals surface area contributed by atoms with Crippen LogP contribution in [0.25, 0.3) is 0 Å². The van der Waals surface area contributed by atoms with E-state index in [1.165, 1.54) is 0 Å². The van der Waals surface area contributed by atoms with Crippen LogP contribution >= 0.6 is 0 Å². The summed E-state index contributed by atoms with van der Waals surface area (Å²) in [7, 11) is 1.57. The third kappa shape index (κ3) is 3.14. The van der Waals surface area contributed by atoms with Gasteiger partial charge in [0.2, 0.25) is 0 Å². The molecule has 122 valence electrons. The Balaban J connectivity index is 2.30. The zero-order valence-corrected chi connectivity index (χ0v) is 13.3. The number of carboxylic acids is 1. The molecular weight excluding hydrogens is 288 g/mol. The summed E-state index contributed by atoms with van der Waals surface area (Å²) in [4.78, 5) is 25.5. The van der Waals surface area contributed by atoms with E-state index < -0.39 is 5.97 Å². The smallest absolute Gasteiger partial charge is 0.305 e. The Morgan fingerprint density at radius 2 is 2.18 bits per heavy atom. The van der Waals surface area contributed by atoms with E-state index in [4.69, 9.17) is 14.4 Å². The van der Waals surface area contributed by atoms with Gasteiger partial charge in [-0.25, -0.2) is 0 Å². The predicted octanol–water partition coefficient (Wildman–Crippen LogP) is 1.81. The van der Waals surface area contributed by atoms with Crippen molar-refractivity contribution in [3.8, 4) is 0 Å². The van der Waals surface area contributed by atoms with E-state index >= 15 is 0 Å². The monoisotopic (exact) mass is 310 g/mol. The highest BCUT2D eigenvalue weighted by Gasteiger charge is 2.39. The molecule has 1 saturated heterocycles. The third-order valence-electron chi connectivity index (χ3n) is 4.01. The number of carbonyl (C=O) groups excluding carboxylic acids is 1. The van der Waals surface area contributed by atoms with Gasteiger partial charge in [0.05, 0.1) is 18.2 Å². The summed E-state index contributed by atoms with van der Waals surface area (Å²) in [6, 6.07) is -0.371. The zero-order valence-electron chi connectivity index (χ0n) is 13.3. The maximum atomic E-state index is 12.9. The molecule has 1 N–H and O–H groups in total. The molecule has 1 fully saturated rings. The van der Waals surface area contributed by atoms with Gasteiger partial charge in [0, 0.05) is 25.6 Å². The third-order valence-corrected chi connectivity index (χ3v) is 4.01. The van der Waals surface area contributed by atoms with Gasteiger partial charge in [0.1, 0.15) is 5.56 Å². The lowest BCUT2D eigenvalue weighted by molar-refractivity contribution is -0.137. The maximum absolute atomic E-state index is 12.9. The van der Waals surface area contributed by atoms with Crippen molar-refractivity contribution in [3.63, 3.8) is 0 Å². The van der Waals surface area contributed by atoms with Crippen LogP contribution in [0.5, 0.6) is 0 Å². The molecule has 7 heteroatoms. The molecule has 2 heterocycles. The molecule has 7 nitrogen and oxygen atoms in total. The largest absolute Gasteiger partial charge is 0.481 e.